The van der Waals surface area contributed by atoms with Crippen molar-refractivity contribution in [2.75, 3.05) is 19.5 Å². The number of nitrogens with one attached hydrogen (secondary N) is 1. The van der Waals surface area contributed by atoms with Crippen LogP contribution in [0.4, 0.5) is 5.69 Å². The second kappa shape index (κ2) is 11.3. The molecule has 200 valence electrons. The summed E-state index contributed by atoms with van der Waals surface area (Å²) in [5.41, 5.74) is 5.83. The minimum Gasteiger partial charge on any atom is -0.497 e. The van der Waals surface area contributed by atoms with Crippen LogP contribution in [0.2, 0.25) is 0 Å². The molecule has 0 aromatic heterocycles. The first-order valence-corrected chi connectivity index (χ1v) is 13.5. The van der Waals surface area contributed by atoms with Crippen molar-refractivity contribution in [3.63, 3.8) is 0 Å². The molecule has 2 aliphatic heterocycles. The number of rotatable bonds is 7. The second-order valence-electron chi connectivity index (χ2n) is 9.50. The molecule has 0 saturated carbocycles. The van der Waals surface area contributed by atoms with Gasteiger partial charge >= 0.3 is 0 Å². The topological polar surface area (TPSA) is 92.6 Å². The summed E-state index contributed by atoms with van der Waals surface area (Å²) in [5, 5.41) is 9.51. The quantitative estimate of drug-likeness (QED) is 0.424. The minimum atomic E-state index is -0.608. The van der Waals surface area contributed by atoms with E-state index in [0.717, 1.165) is 39.5 Å². The van der Waals surface area contributed by atoms with Crippen LogP contribution in [0.3, 0.4) is 0 Å². The third-order valence-electron chi connectivity index (χ3n) is 6.92. The van der Waals surface area contributed by atoms with Gasteiger partial charge in [-0.3, -0.25) is 9.59 Å². The molecule has 3 aromatic carbocycles. The van der Waals surface area contributed by atoms with Gasteiger partial charge in [-0.25, -0.2) is 5.01 Å². The van der Waals surface area contributed by atoms with Gasteiger partial charge in [-0.05, 0) is 84.6 Å². The molecule has 0 spiro atoms. The molecule has 0 aliphatic carbocycles. The number of aliphatic imine (C=N–C) groups is 1. The first-order chi connectivity index (χ1) is 18.8. The zero-order chi connectivity index (χ0) is 27.5. The lowest BCUT2D eigenvalue weighted by molar-refractivity contribution is -0.121. The molecule has 0 bridgehead atoms. The van der Waals surface area contributed by atoms with Crippen LogP contribution in [0, 0.1) is 13.8 Å². The SMILES string of the molecule is COc1ccc(C2=NN(C3=NC(=O)[C@@H](CC(=O)Nc4ccc(C)c(C)c4)S3)[C@H](c3ccc(OC)cc3)C2)cc1. The molecule has 2 amide bonds. The van der Waals surface area contributed by atoms with Gasteiger partial charge in [-0.2, -0.15) is 10.1 Å². The predicted octanol–water partition coefficient (Wildman–Crippen LogP) is 5.50. The van der Waals surface area contributed by atoms with E-state index in [4.69, 9.17) is 14.6 Å². The first-order valence-electron chi connectivity index (χ1n) is 12.7. The van der Waals surface area contributed by atoms with Crippen molar-refractivity contribution in [2.45, 2.75) is 38.0 Å². The highest BCUT2D eigenvalue weighted by Crippen LogP contribution is 2.39. The maximum Gasteiger partial charge on any atom is 0.262 e. The summed E-state index contributed by atoms with van der Waals surface area (Å²) in [5.74, 6) is 0.976. The van der Waals surface area contributed by atoms with Crippen LogP contribution in [0.25, 0.3) is 0 Å². The van der Waals surface area contributed by atoms with Crippen LogP contribution in [-0.4, -0.2) is 47.2 Å². The number of methoxy groups -OCH3 is 2. The van der Waals surface area contributed by atoms with Gasteiger partial charge in [0, 0.05) is 18.5 Å². The Labute approximate surface area is 232 Å². The summed E-state index contributed by atoms with van der Waals surface area (Å²) in [7, 11) is 3.27. The molecule has 3 aromatic rings. The number of hydrazone groups is 1. The average Bonchev–Trinajstić information content (AvgIpc) is 3.54. The van der Waals surface area contributed by atoms with Crippen LogP contribution in [0.5, 0.6) is 11.5 Å². The molecule has 5 rings (SSSR count). The number of ether oxygens (including phenoxy) is 2. The predicted molar refractivity (Wildman–Crippen MR) is 155 cm³/mol. The Kier molecular flexibility index (Phi) is 7.70. The number of anilines is 1. The summed E-state index contributed by atoms with van der Waals surface area (Å²) in [6.45, 7) is 4.02. The number of nitrogens with zero attached hydrogens (tertiary/aromatic N) is 3. The normalized spacial score (nSPS) is 18.6. The average molecular weight is 543 g/mol. The van der Waals surface area contributed by atoms with Gasteiger partial charge in [0.2, 0.25) is 5.91 Å². The Hall–Kier alpha value is -4.11. The number of carbonyl (C=O) groups is 2. The molecule has 1 N–H and O–H groups in total. The third-order valence-corrected chi connectivity index (χ3v) is 8.06. The van der Waals surface area contributed by atoms with Gasteiger partial charge in [0.05, 0.1) is 26.0 Å². The highest BCUT2D eigenvalue weighted by atomic mass is 32.2. The Morgan fingerprint density at radius 1 is 0.974 bits per heavy atom. The number of amides is 2. The van der Waals surface area contributed by atoms with Gasteiger partial charge < -0.3 is 14.8 Å². The molecule has 0 fully saturated rings. The molecule has 0 unspecified atom stereocenters. The maximum absolute atomic E-state index is 12.9. The summed E-state index contributed by atoms with van der Waals surface area (Å²) in [4.78, 5) is 30.0. The fraction of sp³-hybridized carbons (Fsp3) is 0.267. The molecule has 39 heavy (non-hydrogen) atoms. The van der Waals surface area contributed by atoms with E-state index in [1.807, 2.05) is 85.6 Å². The fourth-order valence-electron chi connectivity index (χ4n) is 4.53. The van der Waals surface area contributed by atoms with Crippen molar-refractivity contribution >= 4 is 40.1 Å². The molecular formula is C30H30N4O4S. The van der Waals surface area contributed by atoms with E-state index in [0.29, 0.717) is 17.3 Å². The van der Waals surface area contributed by atoms with Gasteiger partial charge in [0.25, 0.3) is 5.91 Å². The number of hydrogen-bond donors (Lipinski definition) is 1. The van der Waals surface area contributed by atoms with E-state index in [1.54, 1.807) is 14.2 Å². The van der Waals surface area contributed by atoms with Crippen LogP contribution in [0.1, 0.15) is 41.1 Å². The zero-order valence-corrected chi connectivity index (χ0v) is 23.1. The van der Waals surface area contributed by atoms with E-state index in [2.05, 4.69) is 10.3 Å². The Morgan fingerprint density at radius 2 is 1.64 bits per heavy atom. The van der Waals surface area contributed by atoms with Crippen LogP contribution in [0.15, 0.2) is 76.8 Å². The van der Waals surface area contributed by atoms with Crippen molar-refractivity contribution in [1.82, 2.24) is 5.01 Å². The lowest BCUT2D eigenvalue weighted by Crippen LogP contribution is -2.25. The fourth-order valence-corrected chi connectivity index (χ4v) is 5.60. The molecule has 2 atom stereocenters. The largest absolute Gasteiger partial charge is 0.497 e. The lowest BCUT2D eigenvalue weighted by atomic mass is 9.98. The van der Waals surface area contributed by atoms with Gasteiger partial charge in [-0.1, -0.05) is 30.0 Å². The van der Waals surface area contributed by atoms with Crippen LogP contribution in [-0.2, 0) is 9.59 Å². The molecule has 2 heterocycles. The Bertz CT molecular complexity index is 1450. The Morgan fingerprint density at radius 3 is 2.28 bits per heavy atom. The van der Waals surface area contributed by atoms with E-state index >= 15 is 0 Å². The number of carbonyl (C=O) groups excluding carboxylic acids is 2. The van der Waals surface area contributed by atoms with E-state index in [9.17, 15) is 9.59 Å². The molecule has 0 radical (unpaired) electrons. The van der Waals surface area contributed by atoms with E-state index < -0.39 is 5.25 Å². The Balaban J connectivity index is 1.35. The lowest BCUT2D eigenvalue weighted by Gasteiger charge is -2.23. The third kappa shape index (κ3) is 5.83. The summed E-state index contributed by atoms with van der Waals surface area (Å²) < 4.78 is 10.6. The van der Waals surface area contributed by atoms with E-state index in [-0.39, 0.29) is 24.3 Å². The first kappa shape index (κ1) is 26.5. The molecule has 0 saturated heterocycles. The van der Waals surface area contributed by atoms with Crippen molar-refractivity contribution < 1.29 is 19.1 Å². The minimum absolute atomic E-state index is 0.0273. The highest BCUT2D eigenvalue weighted by molar-refractivity contribution is 8.15. The highest BCUT2D eigenvalue weighted by Gasteiger charge is 2.39. The standard InChI is InChI=1S/C30H30N4O4S/c1-18-5-10-22(15-19(18)2)31-28(35)17-27-29(36)32-30(39-27)34-26(21-8-13-24(38-4)14-9-21)16-25(33-34)20-6-11-23(37-3)12-7-20/h5-15,26-27H,16-17H2,1-4H3,(H,31,35)/t26-,27+/m0/s1. The zero-order valence-electron chi connectivity index (χ0n) is 22.3. The van der Waals surface area contributed by atoms with Gasteiger partial charge in [0.15, 0.2) is 5.17 Å². The smallest absolute Gasteiger partial charge is 0.262 e. The number of hydrogen-bond acceptors (Lipinski definition) is 7. The maximum atomic E-state index is 12.9. The number of aryl methyl sites for hydroxylation is 2. The van der Waals surface area contributed by atoms with Crippen LogP contribution < -0.4 is 14.8 Å². The summed E-state index contributed by atoms with van der Waals surface area (Å²) in [6.07, 6.45) is 0.657. The van der Waals surface area contributed by atoms with Crippen molar-refractivity contribution in [3.05, 3.63) is 89.0 Å². The molecular weight excluding hydrogens is 512 g/mol. The summed E-state index contributed by atoms with van der Waals surface area (Å²) in [6, 6.07) is 21.2. The van der Waals surface area contributed by atoms with E-state index in [1.165, 1.54) is 11.8 Å². The number of benzene rings is 3. The molecule has 2 aliphatic rings. The summed E-state index contributed by atoms with van der Waals surface area (Å²) >= 11 is 1.28. The molecule has 8 nitrogen and oxygen atoms in total. The monoisotopic (exact) mass is 542 g/mol. The second-order valence-corrected chi connectivity index (χ2v) is 10.7. The number of thioether (sulfide) groups is 1. The van der Waals surface area contributed by atoms with Crippen molar-refractivity contribution in [1.29, 1.82) is 0 Å². The van der Waals surface area contributed by atoms with Crippen molar-refractivity contribution in [2.24, 2.45) is 10.1 Å². The van der Waals surface area contributed by atoms with Crippen molar-refractivity contribution in [3.8, 4) is 11.5 Å². The van der Waals surface area contributed by atoms with Gasteiger partial charge in [-0.15, -0.1) is 0 Å². The number of amidine groups is 1. The van der Waals surface area contributed by atoms with Crippen LogP contribution >= 0.6 is 11.8 Å². The molecule has 9 heteroatoms. The van der Waals surface area contributed by atoms with Gasteiger partial charge in [0.1, 0.15) is 16.7 Å².